The molecule has 9 nitrogen and oxygen atoms in total. The summed E-state index contributed by atoms with van der Waals surface area (Å²) in [5, 5.41) is 14.2. The topological polar surface area (TPSA) is 113 Å². The maximum Gasteiger partial charge on any atom is 0.253 e. The van der Waals surface area contributed by atoms with Gasteiger partial charge < -0.3 is 29.8 Å². The number of H-pyrrole nitrogens is 1. The zero-order valence-corrected chi connectivity index (χ0v) is 19.5. The van der Waals surface area contributed by atoms with E-state index in [1.165, 1.54) is 4.90 Å². The molecule has 0 aliphatic heterocycles. The number of carbonyl (C=O) groups excluding carboxylic acids is 1. The Balaban J connectivity index is 1.61. The van der Waals surface area contributed by atoms with Gasteiger partial charge in [-0.1, -0.05) is 0 Å². The summed E-state index contributed by atoms with van der Waals surface area (Å²) in [5.41, 5.74) is 1.21. The number of hydrogen-bond donors (Lipinski definition) is 3. The number of aliphatic hydroxyl groups is 1. The van der Waals surface area contributed by atoms with E-state index in [0.717, 1.165) is 18.2 Å². The first-order chi connectivity index (χ1) is 15.8. The number of hydrogen-bond acceptors (Lipinski definition) is 7. The predicted molar refractivity (Wildman–Crippen MR) is 126 cm³/mol. The molecule has 3 N–H and O–H groups in total. The van der Waals surface area contributed by atoms with Gasteiger partial charge in [0.05, 0.1) is 23.3 Å². The highest BCUT2D eigenvalue weighted by Gasteiger charge is 2.30. The fraction of sp³-hybridized carbons (Fsp3) is 0.458. The molecule has 3 aromatic rings. The third kappa shape index (κ3) is 5.19. The van der Waals surface area contributed by atoms with Crippen LogP contribution >= 0.6 is 0 Å². The number of fused-ring (bicyclic) bond motifs is 1. The second-order valence-electron chi connectivity index (χ2n) is 8.88. The summed E-state index contributed by atoms with van der Waals surface area (Å²) < 4.78 is 12.0. The van der Waals surface area contributed by atoms with Gasteiger partial charge in [0, 0.05) is 25.9 Å². The first kappa shape index (κ1) is 22.8. The Labute approximate surface area is 193 Å². The molecule has 4 rings (SSSR count). The summed E-state index contributed by atoms with van der Waals surface area (Å²) in [6, 6.07) is 7.13. The van der Waals surface area contributed by atoms with Crippen molar-refractivity contribution >= 4 is 28.6 Å². The minimum absolute atomic E-state index is 0.0126. The van der Waals surface area contributed by atoms with Crippen molar-refractivity contribution in [1.29, 1.82) is 0 Å². The zero-order valence-electron chi connectivity index (χ0n) is 19.5. The van der Waals surface area contributed by atoms with E-state index in [2.05, 4.69) is 20.3 Å². The molecule has 1 aliphatic carbocycles. The van der Waals surface area contributed by atoms with Gasteiger partial charge in [0.25, 0.3) is 5.91 Å². The monoisotopic (exact) mass is 453 g/mol. The number of amides is 1. The number of benzene rings is 1. The van der Waals surface area contributed by atoms with Gasteiger partial charge in [0.1, 0.15) is 17.5 Å². The highest BCUT2D eigenvalue weighted by molar-refractivity contribution is 5.95. The van der Waals surface area contributed by atoms with Crippen molar-refractivity contribution < 1.29 is 19.4 Å². The van der Waals surface area contributed by atoms with Crippen LogP contribution < -0.4 is 14.8 Å². The Morgan fingerprint density at radius 3 is 2.73 bits per heavy atom. The van der Waals surface area contributed by atoms with E-state index in [4.69, 9.17) is 9.47 Å². The van der Waals surface area contributed by atoms with Crippen molar-refractivity contribution in [3.8, 4) is 11.6 Å². The van der Waals surface area contributed by atoms with Crippen LogP contribution in [0.15, 0.2) is 30.5 Å². The third-order valence-electron chi connectivity index (χ3n) is 5.85. The summed E-state index contributed by atoms with van der Waals surface area (Å²) in [7, 11) is 3.42. The molecule has 33 heavy (non-hydrogen) atoms. The Hall–Kier alpha value is -3.33. The van der Waals surface area contributed by atoms with Crippen LogP contribution in [0.2, 0.25) is 0 Å². The van der Waals surface area contributed by atoms with Crippen LogP contribution in [0.1, 0.15) is 49.9 Å². The molecular formula is C24H31N5O4. The van der Waals surface area contributed by atoms with Gasteiger partial charge in [-0.2, -0.15) is 9.97 Å². The van der Waals surface area contributed by atoms with Crippen LogP contribution in [0.3, 0.4) is 0 Å². The number of anilines is 2. The molecule has 0 unspecified atom stereocenters. The number of nitrogens with zero attached hydrogens (tertiary/aromatic N) is 3. The molecule has 1 fully saturated rings. The van der Waals surface area contributed by atoms with Gasteiger partial charge in [-0.15, -0.1) is 0 Å². The molecule has 1 aliphatic rings. The Morgan fingerprint density at radius 1 is 1.27 bits per heavy atom. The number of rotatable bonds is 7. The maximum atomic E-state index is 12.4. The quantitative estimate of drug-likeness (QED) is 0.498. The van der Waals surface area contributed by atoms with Gasteiger partial charge in [-0.05, 0) is 63.8 Å². The Morgan fingerprint density at radius 2 is 2.03 bits per heavy atom. The van der Waals surface area contributed by atoms with Crippen LogP contribution in [-0.2, 0) is 0 Å². The van der Waals surface area contributed by atoms with Gasteiger partial charge in [-0.3, -0.25) is 4.79 Å². The highest BCUT2D eigenvalue weighted by atomic mass is 16.5. The van der Waals surface area contributed by atoms with Gasteiger partial charge in [-0.25, -0.2) is 0 Å². The van der Waals surface area contributed by atoms with E-state index in [1.54, 1.807) is 38.5 Å². The fourth-order valence-corrected chi connectivity index (χ4v) is 3.96. The van der Waals surface area contributed by atoms with E-state index in [9.17, 15) is 9.90 Å². The van der Waals surface area contributed by atoms with Gasteiger partial charge in [0.15, 0.2) is 0 Å². The Bertz CT molecular complexity index is 1130. The first-order valence-corrected chi connectivity index (χ1v) is 11.3. The number of ether oxygens (including phenoxy) is 2. The second-order valence-corrected chi connectivity index (χ2v) is 8.88. The smallest absolute Gasteiger partial charge is 0.253 e. The zero-order chi connectivity index (χ0) is 23.6. The van der Waals surface area contributed by atoms with Crippen molar-refractivity contribution in [3.63, 3.8) is 0 Å². The van der Waals surface area contributed by atoms with Crippen LogP contribution in [0.4, 0.5) is 11.6 Å². The van der Waals surface area contributed by atoms with Crippen LogP contribution in [0.25, 0.3) is 11.0 Å². The van der Waals surface area contributed by atoms with Crippen molar-refractivity contribution in [2.45, 2.75) is 51.2 Å². The second kappa shape index (κ2) is 9.27. The van der Waals surface area contributed by atoms with Crippen molar-refractivity contribution in [2.24, 2.45) is 0 Å². The van der Waals surface area contributed by atoms with Gasteiger partial charge in [0.2, 0.25) is 11.8 Å². The number of nitrogens with one attached hydrogen (secondary N) is 2. The molecule has 0 bridgehead atoms. The summed E-state index contributed by atoms with van der Waals surface area (Å²) in [5.74, 6) is 1.29. The summed E-state index contributed by atoms with van der Waals surface area (Å²) >= 11 is 0. The maximum absolute atomic E-state index is 12.4. The molecule has 0 spiro atoms. The molecular weight excluding hydrogens is 422 g/mol. The largest absolute Gasteiger partial charge is 0.492 e. The fourth-order valence-electron chi connectivity index (χ4n) is 3.96. The number of aromatic nitrogens is 3. The lowest BCUT2D eigenvalue weighted by Crippen LogP contribution is -2.35. The number of aromatic amines is 1. The molecule has 0 radical (unpaired) electrons. The molecule has 1 aromatic carbocycles. The first-order valence-electron chi connectivity index (χ1n) is 11.3. The SMILES string of the molecule is CCOc1cc(C(=O)N(C)C)ccc1Nc1nc(OC2CCC(C)(O)CC2)c2cc[nH]c2n1. The third-order valence-corrected chi connectivity index (χ3v) is 5.85. The lowest BCUT2D eigenvalue weighted by atomic mass is 9.85. The molecule has 1 amide bonds. The standard InChI is InChI=1S/C24H31N5O4/c1-5-32-19-14-15(22(30)29(3)4)6-7-18(19)26-23-27-20-17(10-13-25-20)21(28-23)33-16-8-11-24(2,31)12-9-16/h6-7,10,13-14,16,31H,5,8-9,11-12H2,1-4H3,(H2,25,26,27,28). The summed E-state index contributed by atoms with van der Waals surface area (Å²) in [6.07, 6.45) is 4.71. The normalized spacial score (nSPS) is 20.5. The minimum atomic E-state index is -0.628. The molecule has 2 heterocycles. The molecule has 0 saturated heterocycles. The molecule has 176 valence electrons. The van der Waals surface area contributed by atoms with Crippen LogP contribution in [0.5, 0.6) is 11.6 Å². The molecule has 9 heteroatoms. The molecule has 2 aromatic heterocycles. The van der Waals surface area contributed by atoms with Crippen molar-refractivity contribution in [2.75, 3.05) is 26.0 Å². The highest BCUT2D eigenvalue weighted by Crippen LogP contribution is 2.34. The molecule has 1 saturated carbocycles. The average molecular weight is 454 g/mol. The van der Waals surface area contributed by atoms with Crippen molar-refractivity contribution in [3.05, 3.63) is 36.0 Å². The van der Waals surface area contributed by atoms with E-state index >= 15 is 0 Å². The Kier molecular flexibility index (Phi) is 6.42. The molecule has 0 atom stereocenters. The lowest BCUT2D eigenvalue weighted by Gasteiger charge is -2.32. The van der Waals surface area contributed by atoms with E-state index in [-0.39, 0.29) is 12.0 Å². The minimum Gasteiger partial charge on any atom is -0.492 e. The van der Waals surface area contributed by atoms with Gasteiger partial charge >= 0.3 is 0 Å². The predicted octanol–water partition coefficient (Wildman–Crippen LogP) is 3.87. The summed E-state index contributed by atoms with van der Waals surface area (Å²) in [4.78, 5) is 26.2. The van der Waals surface area contributed by atoms with E-state index in [0.29, 0.717) is 53.9 Å². The van der Waals surface area contributed by atoms with E-state index < -0.39 is 5.60 Å². The average Bonchev–Trinajstić information content (AvgIpc) is 3.25. The van der Waals surface area contributed by atoms with Crippen LogP contribution in [-0.4, -0.2) is 63.3 Å². The summed E-state index contributed by atoms with van der Waals surface area (Å²) in [6.45, 7) is 4.21. The lowest BCUT2D eigenvalue weighted by molar-refractivity contribution is -0.0114. The number of carbonyl (C=O) groups is 1. The van der Waals surface area contributed by atoms with E-state index in [1.807, 2.05) is 19.9 Å². The van der Waals surface area contributed by atoms with Crippen LogP contribution in [0, 0.1) is 0 Å². The van der Waals surface area contributed by atoms with Crippen molar-refractivity contribution in [1.82, 2.24) is 19.9 Å².